The first-order chi connectivity index (χ1) is 14.3. The predicted octanol–water partition coefficient (Wildman–Crippen LogP) is 4.86. The highest BCUT2D eigenvalue weighted by Crippen LogP contribution is 2.39. The van der Waals surface area contributed by atoms with Crippen LogP contribution in [0.3, 0.4) is 0 Å². The Morgan fingerprint density at radius 2 is 1.73 bits per heavy atom. The van der Waals surface area contributed by atoms with Crippen molar-refractivity contribution in [3.8, 4) is 0 Å². The zero-order chi connectivity index (χ0) is 21.8. The topological polar surface area (TPSA) is 66.8 Å². The standard InChI is InChI=1S/C24H26BrNO4/c1-4-16-5-7-17(8-6-16)21-20(22(27)18-9-11-19(25)12-10-18)23(28)24(29)26(21)13-14-30-15(2)3/h5-12,15,21,27H,4,13-14H2,1-3H3/b22-20-. The predicted molar refractivity (Wildman–Crippen MR) is 120 cm³/mol. The summed E-state index contributed by atoms with van der Waals surface area (Å²) in [6.07, 6.45) is 0.911. The third-order valence-electron chi connectivity index (χ3n) is 5.14. The highest BCUT2D eigenvalue weighted by atomic mass is 79.9. The number of amides is 1. The Kier molecular flexibility index (Phi) is 7.10. The van der Waals surface area contributed by atoms with E-state index in [0.29, 0.717) is 12.2 Å². The van der Waals surface area contributed by atoms with E-state index >= 15 is 0 Å². The summed E-state index contributed by atoms with van der Waals surface area (Å²) in [6.45, 7) is 6.48. The molecule has 158 valence electrons. The average Bonchev–Trinajstić information content (AvgIpc) is 2.98. The number of carbonyl (C=O) groups is 2. The minimum Gasteiger partial charge on any atom is -0.507 e. The Hall–Kier alpha value is -2.44. The van der Waals surface area contributed by atoms with Gasteiger partial charge in [0.25, 0.3) is 11.7 Å². The smallest absolute Gasteiger partial charge is 0.295 e. The highest BCUT2D eigenvalue weighted by Gasteiger charge is 2.45. The van der Waals surface area contributed by atoms with Gasteiger partial charge in [-0.05, 0) is 43.5 Å². The maximum absolute atomic E-state index is 12.9. The Balaban J connectivity index is 2.07. The van der Waals surface area contributed by atoms with E-state index < -0.39 is 17.7 Å². The molecule has 1 heterocycles. The lowest BCUT2D eigenvalue weighted by Gasteiger charge is -2.25. The van der Waals surface area contributed by atoms with Crippen molar-refractivity contribution in [3.63, 3.8) is 0 Å². The molecule has 5 nitrogen and oxygen atoms in total. The van der Waals surface area contributed by atoms with Crippen molar-refractivity contribution in [1.82, 2.24) is 4.90 Å². The lowest BCUT2D eigenvalue weighted by molar-refractivity contribution is -0.140. The van der Waals surface area contributed by atoms with Crippen molar-refractivity contribution in [2.75, 3.05) is 13.2 Å². The van der Waals surface area contributed by atoms with Gasteiger partial charge in [-0.1, -0.05) is 59.3 Å². The van der Waals surface area contributed by atoms with Crippen molar-refractivity contribution in [1.29, 1.82) is 0 Å². The number of benzene rings is 2. The molecule has 6 heteroatoms. The molecule has 30 heavy (non-hydrogen) atoms. The van der Waals surface area contributed by atoms with Gasteiger partial charge in [-0.3, -0.25) is 9.59 Å². The van der Waals surface area contributed by atoms with Crippen molar-refractivity contribution in [2.24, 2.45) is 0 Å². The van der Waals surface area contributed by atoms with E-state index in [2.05, 4.69) is 22.9 Å². The first-order valence-electron chi connectivity index (χ1n) is 10.1. The molecule has 1 amide bonds. The Bertz CT molecular complexity index is 948. The van der Waals surface area contributed by atoms with Crippen molar-refractivity contribution >= 4 is 33.4 Å². The molecule has 1 fully saturated rings. The van der Waals surface area contributed by atoms with E-state index in [-0.39, 0.29) is 24.0 Å². The summed E-state index contributed by atoms with van der Waals surface area (Å²) in [4.78, 5) is 27.3. The van der Waals surface area contributed by atoms with Gasteiger partial charge in [-0.15, -0.1) is 0 Å². The average molecular weight is 472 g/mol. The number of carbonyl (C=O) groups excluding carboxylic acids is 2. The minimum atomic E-state index is -0.676. The molecule has 0 bridgehead atoms. The number of aryl methyl sites for hydroxylation is 1. The molecule has 0 radical (unpaired) electrons. The van der Waals surface area contributed by atoms with E-state index in [1.165, 1.54) is 4.90 Å². The molecular formula is C24H26BrNO4. The van der Waals surface area contributed by atoms with Gasteiger partial charge in [0, 0.05) is 16.6 Å². The lowest BCUT2D eigenvalue weighted by Crippen LogP contribution is -2.33. The third kappa shape index (κ3) is 4.65. The van der Waals surface area contributed by atoms with Crippen molar-refractivity contribution < 1.29 is 19.4 Å². The fourth-order valence-corrected chi connectivity index (χ4v) is 3.81. The number of likely N-dealkylation sites (tertiary alicyclic amines) is 1. The molecule has 1 unspecified atom stereocenters. The quantitative estimate of drug-likeness (QED) is 0.355. The van der Waals surface area contributed by atoms with Crippen molar-refractivity contribution in [2.45, 2.75) is 39.3 Å². The van der Waals surface area contributed by atoms with Crippen LogP contribution in [-0.2, 0) is 20.7 Å². The zero-order valence-electron chi connectivity index (χ0n) is 17.4. The maximum atomic E-state index is 12.9. The summed E-state index contributed by atoms with van der Waals surface area (Å²) in [6, 6.07) is 14.1. The fourth-order valence-electron chi connectivity index (χ4n) is 3.54. The summed E-state index contributed by atoms with van der Waals surface area (Å²) in [5.74, 6) is -1.46. The van der Waals surface area contributed by atoms with Gasteiger partial charge >= 0.3 is 0 Å². The van der Waals surface area contributed by atoms with Crippen LogP contribution in [0.5, 0.6) is 0 Å². The molecule has 0 aliphatic carbocycles. The van der Waals surface area contributed by atoms with Crippen LogP contribution >= 0.6 is 15.9 Å². The first kappa shape index (κ1) is 22.2. The zero-order valence-corrected chi connectivity index (χ0v) is 19.0. The maximum Gasteiger partial charge on any atom is 0.295 e. The highest BCUT2D eigenvalue weighted by molar-refractivity contribution is 9.10. The van der Waals surface area contributed by atoms with Crippen LogP contribution < -0.4 is 0 Å². The number of ketones is 1. The molecule has 0 aromatic heterocycles. The van der Waals surface area contributed by atoms with E-state index in [4.69, 9.17) is 4.74 Å². The first-order valence-corrected chi connectivity index (χ1v) is 10.9. The monoisotopic (exact) mass is 471 g/mol. The van der Waals surface area contributed by atoms with E-state index in [1.807, 2.05) is 38.1 Å². The summed E-state index contributed by atoms with van der Waals surface area (Å²) in [5.41, 5.74) is 2.54. The van der Waals surface area contributed by atoms with E-state index in [9.17, 15) is 14.7 Å². The van der Waals surface area contributed by atoms with E-state index in [1.54, 1.807) is 24.3 Å². The number of halogens is 1. The second-order valence-electron chi connectivity index (χ2n) is 7.51. The van der Waals surface area contributed by atoms with Gasteiger partial charge in [-0.25, -0.2) is 0 Å². The Morgan fingerprint density at radius 3 is 2.30 bits per heavy atom. The Labute approximate surface area is 185 Å². The van der Waals surface area contributed by atoms with Crippen LogP contribution in [0, 0.1) is 0 Å². The summed E-state index contributed by atoms with van der Waals surface area (Å²) in [7, 11) is 0. The van der Waals surface area contributed by atoms with Gasteiger partial charge in [0.2, 0.25) is 0 Å². The normalized spacial score (nSPS) is 18.4. The molecule has 2 aromatic rings. The number of aliphatic hydroxyl groups excluding tert-OH is 1. The lowest BCUT2D eigenvalue weighted by atomic mass is 9.94. The van der Waals surface area contributed by atoms with Gasteiger partial charge < -0.3 is 14.7 Å². The van der Waals surface area contributed by atoms with Crippen LogP contribution in [0.25, 0.3) is 5.76 Å². The molecule has 1 atom stereocenters. The summed E-state index contributed by atoms with van der Waals surface area (Å²) < 4.78 is 6.47. The molecule has 1 N–H and O–H groups in total. The molecular weight excluding hydrogens is 446 g/mol. The second-order valence-corrected chi connectivity index (χ2v) is 8.43. The van der Waals surface area contributed by atoms with Gasteiger partial charge in [-0.2, -0.15) is 0 Å². The molecule has 1 aliphatic rings. The van der Waals surface area contributed by atoms with Crippen LogP contribution in [0.4, 0.5) is 0 Å². The molecule has 2 aromatic carbocycles. The fraction of sp³-hybridized carbons (Fsp3) is 0.333. The third-order valence-corrected chi connectivity index (χ3v) is 5.67. The molecule has 1 saturated heterocycles. The van der Waals surface area contributed by atoms with Crippen LogP contribution in [0.2, 0.25) is 0 Å². The number of hydrogen-bond donors (Lipinski definition) is 1. The second kappa shape index (κ2) is 9.58. The SMILES string of the molecule is CCc1ccc(C2/C(=C(/O)c3ccc(Br)cc3)C(=O)C(=O)N2CCOC(C)C)cc1. The van der Waals surface area contributed by atoms with E-state index in [0.717, 1.165) is 22.0 Å². The summed E-state index contributed by atoms with van der Waals surface area (Å²) >= 11 is 3.37. The number of aliphatic hydroxyl groups is 1. The number of hydrogen-bond acceptors (Lipinski definition) is 4. The van der Waals surface area contributed by atoms with Crippen LogP contribution in [0.1, 0.15) is 43.5 Å². The molecule has 1 aliphatic heterocycles. The largest absolute Gasteiger partial charge is 0.507 e. The van der Waals surface area contributed by atoms with Gasteiger partial charge in [0.05, 0.1) is 24.3 Å². The van der Waals surface area contributed by atoms with Crippen LogP contribution in [0.15, 0.2) is 58.6 Å². The Morgan fingerprint density at radius 1 is 1.10 bits per heavy atom. The summed E-state index contributed by atoms with van der Waals surface area (Å²) in [5, 5.41) is 11.0. The molecule has 0 saturated carbocycles. The van der Waals surface area contributed by atoms with Gasteiger partial charge in [0.1, 0.15) is 5.76 Å². The number of rotatable bonds is 7. The van der Waals surface area contributed by atoms with Crippen molar-refractivity contribution in [3.05, 3.63) is 75.3 Å². The number of Topliss-reactive ketones (excluding diaryl/α,β-unsaturated/α-hetero) is 1. The van der Waals surface area contributed by atoms with Crippen LogP contribution in [-0.4, -0.2) is 41.0 Å². The molecule has 3 rings (SSSR count). The minimum absolute atomic E-state index is 0.0203. The number of nitrogens with zero attached hydrogens (tertiary/aromatic N) is 1. The van der Waals surface area contributed by atoms with Gasteiger partial charge in [0.15, 0.2) is 0 Å². The number of ether oxygens (including phenoxy) is 1. The molecule has 0 spiro atoms.